The van der Waals surface area contributed by atoms with Crippen LogP contribution in [0.15, 0.2) is 0 Å². The van der Waals surface area contributed by atoms with E-state index in [0.717, 1.165) is 15.0 Å². The minimum Gasteiger partial charge on any atom is -0.418 e. The fourth-order valence-electron chi connectivity index (χ4n) is 2.53. The molecule has 2 rings (SSSR count). The van der Waals surface area contributed by atoms with E-state index in [2.05, 4.69) is 18.7 Å². The molecule has 0 amide bonds. The van der Waals surface area contributed by atoms with Crippen molar-refractivity contribution in [3.63, 3.8) is 0 Å². The van der Waals surface area contributed by atoms with Gasteiger partial charge in [0.15, 0.2) is 4.08 Å². The van der Waals surface area contributed by atoms with Crippen molar-refractivity contribution >= 4 is 29.9 Å². The van der Waals surface area contributed by atoms with Crippen molar-refractivity contribution in [2.45, 2.75) is 43.1 Å². The Hall–Kier alpha value is 0.485. The van der Waals surface area contributed by atoms with Gasteiger partial charge >= 0.3 is 7.25 Å². The van der Waals surface area contributed by atoms with Crippen LogP contribution in [0.2, 0.25) is 0 Å². The Morgan fingerprint density at radius 3 is 2.12 bits per heavy atom. The highest BCUT2D eigenvalue weighted by molar-refractivity contribution is 8.19. The molecule has 2 aliphatic rings. The van der Waals surface area contributed by atoms with Gasteiger partial charge in [-0.05, 0) is 19.8 Å². The Labute approximate surface area is 108 Å². The minimum atomic E-state index is -6.00. The van der Waals surface area contributed by atoms with Crippen LogP contribution in [0, 0.1) is 0 Å². The van der Waals surface area contributed by atoms with E-state index in [9.17, 15) is 17.3 Å². The van der Waals surface area contributed by atoms with Crippen LogP contribution < -0.4 is 0 Å². The fraction of sp³-hybridized carbons (Fsp3) is 1.00. The summed E-state index contributed by atoms with van der Waals surface area (Å²) in [4.78, 5) is 0. The van der Waals surface area contributed by atoms with Crippen LogP contribution in [0.3, 0.4) is 0 Å². The summed E-state index contributed by atoms with van der Waals surface area (Å²) in [6.45, 7) is 2.39. The fourth-order valence-corrected chi connectivity index (χ4v) is 8.19. The molecular formula is C10H19BF4S2. The van der Waals surface area contributed by atoms with Crippen LogP contribution >= 0.6 is 11.8 Å². The van der Waals surface area contributed by atoms with E-state index in [1.807, 2.05) is 0 Å². The number of rotatable bonds is 1. The lowest BCUT2D eigenvalue weighted by Crippen LogP contribution is -2.35. The highest BCUT2D eigenvalue weighted by Gasteiger charge is 2.51. The normalized spacial score (nSPS) is 27.7. The second-order valence-electron chi connectivity index (χ2n) is 4.30. The van der Waals surface area contributed by atoms with E-state index in [1.54, 1.807) is 0 Å². The molecule has 1 aliphatic carbocycles. The highest BCUT2D eigenvalue weighted by Crippen LogP contribution is 2.49. The van der Waals surface area contributed by atoms with E-state index in [-0.39, 0.29) is 0 Å². The number of halogens is 4. The molecule has 1 saturated carbocycles. The van der Waals surface area contributed by atoms with Gasteiger partial charge in [-0.3, -0.25) is 0 Å². The Balaban J connectivity index is 0.000000249. The molecule has 0 bridgehead atoms. The summed E-state index contributed by atoms with van der Waals surface area (Å²) >= 11 is 2.31. The van der Waals surface area contributed by atoms with Crippen molar-refractivity contribution in [3.8, 4) is 0 Å². The zero-order chi connectivity index (χ0) is 12.9. The summed E-state index contributed by atoms with van der Waals surface area (Å²) in [5.41, 5.74) is 0. The molecule has 0 N–H and O–H groups in total. The summed E-state index contributed by atoms with van der Waals surface area (Å²) in [6, 6.07) is 0. The van der Waals surface area contributed by atoms with E-state index in [4.69, 9.17) is 0 Å². The van der Waals surface area contributed by atoms with Gasteiger partial charge in [-0.15, -0.1) is 0 Å². The Bertz CT molecular complexity index is 223. The van der Waals surface area contributed by atoms with Gasteiger partial charge in [0.2, 0.25) is 0 Å². The van der Waals surface area contributed by atoms with Gasteiger partial charge in [-0.1, -0.05) is 18.2 Å². The van der Waals surface area contributed by atoms with Gasteiger partial charge in [-0.2, -0.15) is 0 Å². The lowest BCUT2D eigenvalue weighted by molar-refractivity contribution is 0.368. The first-order chi connectivity index (χ1) is 7.87. The third-order valence-corrected chi connectivity index (χ3v) is 8.70. The lowest BCUT2D eigenvalue weighted by Gasteiger charge is -2.30. The molecule has 1 atom stereocenters. The number of thioether (sulfide) groups is 1. The van der Waals surface area contributed by atoms with Crippen molar-refractivity contribution in [2.75, 3.05) is 17.3 Å². The molecule has 7 heteroatoms. The Morgan fingerprint density at radius 1 is 1.12 bits per heavy atom. The van der Waals surface area contributed by atoms with Gasteiger partial charge in [0.25, 0.3) is 0 Å². The van der Waals surface area contributed by atoms with Crippen LogP contribution in [-0.2, 0) is 10.9 Å². The van der Waals surface area contributed by atoms with E-state index in [1.165, 1.54) is 49.4 Å². The zero-order valence-corrected chi connectivity index (χ0v) is 11.7. The molecule has 17 heavy (non-hydrogen) atoms. The second-order valence-corrected chi connectivity index (χ2v) is 8.79. The molecule has 1 heterocycles. The molecule has 1 unspecified atom stereocenters. The molecule has 1 aliphatic heterocycles. The van der Waals surface area contributed by atoms with Crippen LogP contribution in [0.1, 0.15) is 39.0 Å². The van der Waals surface area contributed by atoms with Crippen molar-refractivity contribution in [3.05, 3.63) is 0 Å². The van der Waals surface area contributed by atoms with Crippen LogP contribution in [-0.4, -0.2) is 28.6 Å². The lowest BCUT2D eigenvalue weighted by atomic mass is 10.00. The van der Waals surface area contributed by atoms with Gasteiger partial charge in [-0.25, -0.2) is 0 Å². The van der Waals surface area contributed by atoms with Crippen molar-refractivity contribution in [2.24, 2.45) is 0 Å². The number of hydrogen-bond acceptors (Lipinski definition) is 1. The molecule has 0 aromatic carbocycles. The molecule has 1 saturated heterocycles. The average Bonchev–Trinajstić information content (AvgIpc) is 2.59. The van der Waals surface area contributed by atoms with Crippen LogP contribution in [0.5, 0.6) is 0 Å². The molecule has 1 spiro atoms. The molecule has 0 aromatic heterocycles. The zero-order valence-electron chi connectivity index (χ0n) is 10.1. The van der Waals surface area contributed by atoms with Crippen molar-refractivity contribution in [1.82, 2.24) is 0 Å². The minimum absolute atomic E-state index is 0.784. The molecule has 0 radical (unpaired) electrons. The largest absolute Gasteiger partial charge is 0.673 e. The molecule has 2 fully saturated rings. The third-order valence-electron chi connectivity index (χ3n) is 3.18. The smallest absolute Gasteiger partial charge is 0.418 e. The predicted octanol–water partition coefficient (Wildman–Crippen LogP) is 4.33. The first-order valence-corrected chi connectivity index (χ1v) is 8.61. The first-order valence-electron chi connectivity index (χ1n) is 6.06. The summed E-state index contributed by atoms with van der Waals surface area (Å²) in [6.07, 6.45) is 7.60. The highest BCUT2D eigenvalue weighted by atomic mass is 32.2. The Morgan fingerprint density at radius 2 is 1.65 bits per heavy atom. The summed E-state index contributed by atoms with van der Waals surface area (Å²) in [7, 11) is -5.22. The van der Waals surface area contributed by atoms with Crippen LogP contribution in [0.4, 0.5) is 17.3 Å². The van der Waals surface area contributed by atoms with Gasteiger partial charge < -0.3 is 17.3 Å². The summed E-state index contributed by atoms with van der Waals surface area (Å²) in [5.74, 6) is 4.44. The molecular weight excluding hydrogens is 271 g/mol. The molecule has 0 nitrogen and oxygen atoms in total. The topological polar surface area (TPSA) is 0 Å². The van der Waals surface area contributed by atoms with Crippen molar-refractivity contribution in [1.29, 1.82) is 0 Å². The second kappa shape index (κ2) is 6.59. The maximum absolute atomic E-state index is 9.75. The maximum atomic E-state index is 9.75. The van der Waals surface area contributed by atoms with Gasteiger partial charge in [0.05, 0.1) is 0 Å². The first kappa shape index (κ1) is 15.5. The SMILES string of the molecule is CC[S+]1CCSC12CCCCC2.F[B-](F)(F)F. The summed E-state index contributed by atoms with van der Waals surface area (Å²) in [5, 5.41) is 0. The average molecular weight is 290 g/mol. The maximum Gasteiger partial charge on any atom is 0.673 e. The Kier molecular flexibility index (Phi) is 6.03. The number of hydrogen-bond donors (Lipinski definition) is 0. The predicted molar refractivity (Wildman–Crippen MR) is 71.2 cm³/mol. The van der Waals surface area contributed by atoms with Crippen molar-refractivity contribution < 1.29 is 17.3 Å². The van der Waals surface area contributed by atoms with E-state index < -0.39 is 7.25 Å². The van der Waals surface area contributed by atoms with E-state index in [0.29, 0.717) is 0 Å². The van der Waals surface area contributed by atoms with E-state index >= 15 is 0 Å². The van der Waals surface area contributed by atoms with Crippen LogP contribution in [0.25, 0.3) is 0 Å². The third kappa shape index (κ3) is 5.33. The molecule has 102 valence electrons. The molecule has 0 aromatic rings. The standard InChI is InChI=1S/C10H19S2.BF4/c1-2-12-9-8-11-10(12)6-4-3-5-7-10;2-1(3,4)5/h2-9H2,1H3;/q+1;-1. The quantitative estimate of drug-likeness (QED) is 0.393. The van der Waals surface area contributed by atoms with Gasteiger partial charge in [0.1, 0.15) is 11.5 Å². The monoisotopic (exact) mass is 290 g/mol. The summed E-state index contributed by atoms with van der Waals surface area (Å²) < 4.78 is 39.8. The van der Waals surface area contributed by atoms with Gasteiger partial charge in [0, 0.05) is 29.5 Å².